The van der Waals surface area contributed by atoms with Crippen LogP contribution < -0.4 is 10.1 Å². The smallest absolute Gasteiger partial charge is 0.251 e. The molecule has 5 nitrogen and oxygen atoms in total. The van der Waals surface area contributed by atoms with Crippen molar-refractivity contribution >= 4 is 28.8 Å². The molecule has 1 aliphatic rings. The number of piperidine rings is 1. The average Bonchev–Trinajstić information content (AvgIpc) is 3.17. The van der Waals surface area contributed by atoms with Crippen molar-refractivity contribution in [2.45, 2.75) is 25.5 Å². The Morgan fingerprint density at radius 2 is 2.11 bits per heavy atom. The fourth-order valence-electron chi connectivity index (χ4n) is 3.22. The van der Waals surface area contributed by atoms with Gasteiger partial charge < -0.3 is 15.0 Å². The molecule has 0 bridgehead atoms. The molecule has 152 valence electrons. The molecule has 3 rings (SSSR count). The summed E-state index contributed by atoms with van der Waals surface area (Å²) < 4.78 is 6.12. The van der Waals surface area contributed by atoms with E-state index in [9.17, 15) is 4.79 Å². The number of halogens is 1. The standard InChI is InChI=1S/C21H28ClN3O2S/c1-24(2)12-9-23-21(26)16-5-6-20(19(22)14-16)27-17-7-10-25(11-8-17)15-18-4-3-13-28-18/h3-6,13-14,17H,7-12,15H2,1-2H3,(H,23,26). The Bertz CT molecular complexity index is 759. The number of carbonyl (C=O) groups is 1. The number of thiophene rings is 1. The van der Waals surface area contributed by atoms with Crippen LogP contribution in [0.15, 0.2) is 35.7 Å². The highest BCUT2D eigenvalue weighted by Crippen LogP contribution is 2.29. The predicted octanol–water partition coefficient (Wildman–Crippen LogP) is 3.74. The zero-order valence-electron chi connectivity index (χ0n) is 16.5. The van der Waals surface area contributed by atoms with E-state index in [1.165, 1.54) is 4.88 Å². The van der Waals surface area contributed by atoms with Gasteiger partial charge in [-0.15, -0.1) is 11.3 Å². The average molecular weight is 422 g/mol. The molecule has 2 heterocycles. The van der Waals surface area contributed by atoms with Gasteiger partial charge in [0.1, 0.15) is 11.9 Å². The summed E-state index contributed by atoms with van der Waals surface area (Å²) in [6.45, 7) is 4.46. The van der Waals surface area contributed by atoms with E-state index >= 15 is 0 Å². The van der Waals surface area contributed by atoms with Gasteiger partial charge in [-0.2, -0.15) is 0 Å². The molecule has 0 saturated carbocycles. The first-order valence-corrected chi connectivity index (χ1v) is 10.9. The quantitative estimate of drug-likeness (QED) is 0.705. The third-order valence-corrected chi connectivity index (χ3v) is 5.98. The van der Waals surface area contributed by atoms with Crippen molar-refractivity contribution in [3.8, 4) is 5.75 Å². The van der Waals surface area contributed by atoms with E-state index in [1.54, 1.807) is 29.5 Å². The summed E-state index contributed by atoms with van der Waals surface area (Å²) in [7, 11) is 3.95. The van der Waals surface area contributed by atoms with Gasteiger partial charge in [0.2, 0.25) is 0 Å². The van der Waals surface area contributed by atoms with Crippen LogP contribution in [0.4, 0.5) is 0 Å². The van der Waals surface area contributed by atoms with Crippen molar-refractivity contribution in [2.75, 3.05) is 40.3 Å². The van der Waals surface area contributed by atoms with E-state index in [0.29, 0.717) is 22.9 Å². The normalized spacial score (nSPS) is 15.7. The summed E-state index contributed by atoms with van der Waals surface area (Å²) in [5, 5.41) is 5.51. The van der Waals surface area contributed by atoms with Gasteiger partial charge in [-0.05, 0) is 56.6 Å². The van der Waals surface area contributed by atoms with Gasteiger partial charge in [-0.1, -0.05) is 17.7 Å². The summed E-state index contributed by atoms with van der Waals surface area (Å²) >= 11 is 8.18. The number of ether oxygens (including phenoxy) is 1. The summed E-state index contributed by atoms with van der Waals surface area (Å²) in [6, 6.07) is 9.56. The summed E-state index contributed by atoms with van der Waals surface area (Å²) in [6.07, 6.45) is 2.13. The molecule has 0 radical (unpaired) electrons. The van der Waals surface area contributed by atoms with E-state index in [0.717, 1.165) is 39.0 Å². The van der Waals surface area contributed by atoms with Gasteiger partial charge in [0.25, 0.3) is 5.91 Å². The second-order valence-electron chi connectivity index (χ2n) is 7.38. The second kappa shape index (κ2) is 10.3. The van der Waals surface area contributed by atoms with Crippen molar-refractivity contribution in [3.05, 3.63) is 51.2 Å². The Balaban J connectivity index is 1.47. The van der Waals surface area contributed by atoms with Crippen LogP contribution in [0, 0.1) is 0 Å². The maximum absolute atomic E-state index is 12.2. The monoisotopic (exact) mass is 421 g/mol. The number of amides is 1. The van der Waals surface area contributed by atoms with Gasteiger partial charge in [0, 0.05) is 43.2 Å². The highest BCUT2D eigenvalue weighted by atomic mass is 35.5. The first-order valence-electron chi connectivity index (χ1n) is 9.65. The fraction of sp³-hybridized carbons (Fsp3) is 0.476. The minimum absolute atomic E-state index is 0.114. The molecule has 0 unspecified atom stereocenters. The third-order valence-electron chi connectivity index (χ3n) is 4.83. The van der Waals surface area contributed by atoms with Crippen molar-refractivity contribution in [2.24, 2.45) is 0 Å². The molecule has 0 spiro atoms. The van der Waals surface area contributed by atoms with E-state index in [-0.39, 0.29) is 12.0 Å². The number of nitrogens with one attached hydrogen (secondary N) is 1. The van der Waals surface area contributed by atoms with E-state index in [4.69, 9.17) is 16.3 Å². The van der Waals surface area contributed by atoms with Crippen LogP contribution >= 0.6 is 22.9 Å². The number of rotatable bonds is 8. The molecule has 2 aromatic rings. The van der Waals surface area contributed by atoms with Crippen LogP contribution in [-0.4, -0.2) is 62.1 Å². The lowest BCUT2D eigenvalue weighted by Crippen LogP contribution is -2.37. The lowest BCUT2D eigenvalue weighted by molar-refractivity contribution is 0.0949. The SMILES string of the molecule is CN(C)CCNC(=O)c1ccc(OC2CCN(Cc3cccs3)CC2)c(Cl)c1. The number of benzene rings is 1. The van der Waals surface area contributed by atoms with Gasteiger partial charge in [-0.25, -0.2) is 0 Å². The van der Waals surface area contributed by atoms with Gasteiger partial charge in [0.15, 0.2) is 0 Å². The lowest BCUT2D eigenvalue weighted by atomic mass is 10.1. The number of nitrogens with zero attached hydrogens (tertiary/aromatic N) is 2. The van der Waals surface area contributed by atoms with Crippen molar-refractivity contribution in [3.63, 3.8) is 0 Å². The number of carbonyl (C=O) groups excluding carboxylic acids is 1. The molecule has 1 aromatic heterocycles. The molecule has 1 aliphatic heterocycles. The Morgan fingerprint density at radius 3 is 2.75 bits per heavy atom. The first kappa shape index (κ1) is 21.1. The molecule has 28 heavy (non-hydrogen) atoms. The summed E-state index contributed by atoms with van der Waals surface area (Å²) in [4.78, 5) is 18.1. The minimum Gasteiger partial charge on any atom is -0.489 e. The molecule has 0 aliphatic carbocycles. The predicted molar refractivity (Wildman–Crippen MR) is 116 cm³/mol. The highest BCUT2D eigenvalue weighted by molar-refractivity contribution is 7.09. The van der Waals surface area contributed by atoms with Crippen molar-refractivity contribution < 1.29 is 9.53 Å². The van der Waals surface area contributed by atoms with E-state index < -0.39 is 0 Å². The topological polar surface area (TPSA) is 44.8 Å². The third kappa shape index (κ3) is 6.21. The first-order chi connectivity index (χ1) is 13.5. The molecular formula is C21H28ClN3O2S. The van der Waals surface area contributed by atoms with Crippen LogP contribution in [-0.2, 0) is 6.54 Å². The second-order valence-corrected chi connectivity index (χ2v) is 8.82. The Labute approximate surface area is 176 Å². The van der Waals surface area contributed by atoms with Crippen LogP contribution in [0.5, 0.6) is 5.75 Å². The highest BCUT2D eigenvalue weighted by Gasteiger charge is 2.22. The van der Waals surface area contributed by atoms with Crippen molar-refractivity contribution in [1.29, 1.82) is 0 Å². The fourth-order valence-corrected chi connectivity index (χ4v) is 4.19. The molecular weight excluding hydrogens is 394 g/mol. The maximum Gasteiger partial charge on any atom is 0.251 e. The summed E-state index contributed by atoms with van der Waals surface area (Å²) in [5.74, 6) is 0.542. The lowest BCUT2D eigenvalue weighted by Gasteiger charge is -2.32. The van der Waals surface area contributed by atoms with Crippen LogP contribution in [0.25, 0.3) is 0 Å². The zero-order chi connectivity index (χ0) is 19.9. The molecule has 1 fully saturated rings. The van der Waals surface area contributed by atoms with Crippen LogP contribution in [0.2, 0.25) is 5.02 Å². The molecule has 0 atom stereocenters. The molecule has 1 saturated heterocycles. The van der Waals surface area contributed by atoms with Crippen molar-refractivity contribution in [1.82, 2.24) is 15.1 Å². The van der Waals surface area contributed by atoms with Gasteiger partial charge in [-0.3, -0.25) is 9.69 Å². The van der Waals surface area contributed by atoms with E-state index in [2.05, 4.69) is 27.7 Å². The number of likely N-dealkylation sites (N-methyl/N-ethyl adjacent to an activating group) is 1. The van der Waals surface area contributed by atoms with Gasteiger partial charge in [0.05, 0.1) is 5.02 Å². The number of hydrogen-bond donors (Lipinski definition) is 1. The van der Waals surface area contributed by atoms with Gasteiger partial charge >= 0.3 is 0 Å². The van der Waals surface area contributed by atoms with Crippen LogP contribution in [0.3, 0.4) is 0 Å². The molecule has 1 aromatic carbocycles. The van der Waals surface area contributed by atoms with Crippen LogP contribution in [0.1, 0.15) is 28.1 Å². The largest absolute Gasteiger partial charge is 0.489 e. The number of hydrogen-bond acceptors (Lipinski definition) is 5. The molecule has 1 amide bonds. The Kier molecular flexibility index (Phi) is 7.73. The number of likely N-dealkylation sites (tertiary alicyclic amines) is 1. The summed E-state index contributed by atoms with van der Waals surface area (Å²) in [5.41, 5.74) is 0.557. The Morgan fingerprint density at radius 1 is 1.32 bits per heavy atom. The maximum atomic E-state index is 12.2. The Hall–Kier alpha value is -1.60. The molecule has 1 N–H and O–H groups in total. The van der Waals surface area contributed by atoms with E-state index in [1.807, 2.05) is 19.0 Å². The minimum atomic E-state index is -0.114. The zero-order valence-corrected chi connectivity index (χ0v) is 18.1. The molecule has 7 heteroatoms.